The number of nitrogens with zero attached hydrogens (tertiary/aromatic N) is 1. The molecule has 2 unspecified atom stereocenters. The monoisotopic (exact) mass is 363 g/mol. The van der Waals surface area contributed by atoms with Crippen molar-refractivity contribution in [3.05, 3.63) is 64.8 Å². The molecule has 0 aliphatic carbocycles. The maximum absolute atomic E-state index is 12.9. The van der Waals surface area contributed by atoms with Gasteiger partial charge in [0.1, 0.15) is 28.6 Å². The second kappa shape index (κ2) is 7.57. The molecule has 4 nitrogen and oxygen atoms in total. The highest BCUT2D eigenvalue weighted by Gasteiger charge is 2.25. The molecule has 0 radical (unpaired) electrons. The second-order valence-electron chi connectivity index (χ2n) is 7.51. The highest BCUT2D eigenvalue weighted by Crippen LogP contribution is 2.30. The van der Waals surface area contributed by atoms with E-state index in [9.17, 15) is 4.79 Å². The predicted octanol–water partition coefficient (Wildman–Crippen LogP) is 4.57. The van der Waals surface area contributed by atoms with Gasteiger partial charge in [0.25, 0.3) is 0 Å². The van der Waals surface area contributed by atoms with E-state index >= 15 is 0 Å². The van der Waals surface area contributed by atoms with Gasteiger partial charge in [0, 0.05) is 24.1 Å². The number of rotatable bonds is 3. The summed E-state index contributed by atoms with van der Waals surface area (Å²) in [6.45, 7) is 4.30. The van der Waals surface area contributed by atoms with Crippen molar-refractivity contribution in [2.24, 2.45) is 5.92 Å². The molecule has 2 atom stereocenters. The van der Waals surface area contributed by atoms with Gasteiger partial charge >= 0.3 is 0 Å². The molecule has 0 amide bonds. The van der Waals surface area contributed by atoms with Crippen LogP contribution in [0.4, 0.5) is 0 Å². The molecule has 4 rings (SSSR count). The largest absolute Gasteiger partial charge is 0.489 e. The summed E-state index contributed by atoms with van der Waals surface area (Å²) in [5.41, 5.74) is 1.39. The van der Waals surface area contributed by atoms with Crippen molar-refractivity contribution < 1.29 is 9.15 Å². The molecule has 2 aromatic carbocycles. The predicted molar refractivity (Wildman–Crippen MR) is 108 cm³/mol. The van der Waals surface area contributed by atoms with Gasteiger partial charge in [0.15, 0.2) is 5.43 Å². The Hall–Kier alpha value is -2.59. The van der Waals surface area contributed by atoms with Crippen molar-refractivity contribution in [2.45, 2.75) is 25.9 Å². The fourth-order valence-electron chi connectivity index (χ4n) is 3.91. The van der Waals surface area contributed by atoms with Crippen molar-refractivity contribution >= 4 is 11.0 Å². The lowest BCUT2D eigenvalue weighted by Gasteiger charge is -2.24. The third kappa shape index (κ3) is 3.76. The first kappa shape index (κ1) is 17.8. The number of likely N-dealkylation sites (tertiary alicyclic amines) is 1. The topological polar surface area (TPSA) is 42.7 Å². The van der Waals surface area contributed by atoms with Crippen LogP contribution >= 0.6 is 0 Å². The summed E-state index contributed by atoms with van der Waals surface area (Å²) in [6.07, 6.45) is 2.20. The fourth-order valence-corrected chi connectivity index (χ4v) is 3.91. The lowest BCUT2D eigenvalue weighted by Crippen LogP contribution is -2.30. The number of hydrogen-bond acceptors (Lipinski definition) is 4. The second-order valence-corrected chi connectivity index (χ2v) is 7.51. The first-order valence-corrected chi connectivity index (χ1v) is 9.59. The molecule has 1 fully saturated rings. The van der Waals surface area contributed by atoms with E-state index in [1.165, 1.54) is 0 Å². The first-order valence-electron chi connectivity index (χ1n) is 9.59. The fraction of sp³-hybridized carbons (Fsp3) is 0.348. The molecule has 0 saturated carbocycles. The highest BCUT2D eigenvalue weighted by atomic mass is 16.5. The van der Waals surface area contributed by atoms with Gasteiger partial charge in [0.2, 0.25) is 0 Å². The Morgan fingerprint density at radius 2 is 1.93 bits per heavy atom. The van der Waals surface area contributed by atoms with Crippen LogP contribution in [0.3, 0.4) is 0 Å². The van der Waals surface area contributed by atoms with Gasteiger partial charge < -0.3 is 14.1 Å². The molecule has 3 aromatic rings. The van der Waals surface area contributed by atoms with E-state index in [0.29, 0.717) is 28.4 Å². The van der Waals surface area contributed by atoms with E-state index in [-0.39, 0.29) is 11.5 Å². The summed E-state index contributed by atoms with van der Waals surface area (Å²) in [6, 6.07) is 16.9. The average molecular weight is 363 g/mol. The van der Waals surface area contributed by atoms with E-state index < -0.39 is 0 Å². The Labute approximate surface area is 159 Å². The molecule has 2 heterocycles. The summed E-state index contributed by atoms with van der Waals surface area (Å²) < 4.78 is 12.4. The van der Waals surface area contributed by atoms with Crippen LogP contribution in [0, 0.1) is 5.92 Å². The van der Waals surface area contributed by atoms with E-state index in [0.717, 1.165) is 31.5 Å². The number of fused-ring (bicyclic) bond motifs is 1. The quantitative estimate of drug-likeness (QED) is 0.684. The summed E-state index contributed by atoms with van der Waals surface area (Å²) >= 11 is 0. The lowest BCUT2D eigenvalue weighted by molar-refractivity contribution is 0.133. The van der Waals surface area contributed by atoms with Gasteiger partial charge in [-0.2, -0.15) is 0 Å². The van der Waals surface area contributed by atoms with Crippen LogP contribution in [0.15, 0.2) is 63.8 Å². The zero-order valence-corrected chi connectivity index (χ0v) is 15.9. The van der Waals surface area contributed by atoms with Crippen LogP contribution < -0.4 is 10.2 Å². The van der Waals surface area contributed by atoms with Gasteiger partial charge in [-0.15, -0.1) is 0 Å². The molecular formula is C23H25NO3. The number of hydrogen-bond donors (Lipinski definition) is 0. The number of ether oxygens (including phenoxy) is 1. The molecule has 0 spiro atoms. The first-order chi connectivity index (χ1) is 13.1. The summed E-state index contributed by atoms with van der Waals surface area (Å²) in [5, 5.41) is 0.530. The van der Waals surface area contributed by atoms with Gasteiger partial charge in [-0.25, -0.2) is 0 Å². The van der Waals surface area contributed by atoms with Gasteiger partial charge in [-0.05, 0) is 38.6 Å². The van der Waals surface area contributed by atoms with E-state index in [1.54, 1.807) is 6.07 Å². The van der Waals surface area contributed by atoms with E-state index in [2.05, 4.69) is 18.9 Å². The summed E-state index contributed by atoms with van der Waals surface area (Å²) in [4.78, 5) is 15.2. The molecule has 1 aromatic heterocycles. The average Bonchev–Trinajstić information content (AvgIpc) is 2.82. The number of benzene rings is 2. The molecule has 140 valence electrons. The molecule has 0 bridgehead atoms. The molecule has 0 N–H and O–H groups in total. The van der Waals surface area contributed by atoms with Crippen LogP contribution in [0.25, 0.3) is 22.3 Å². The Morgan fingerprint density at radius 3 is 2.74 bits per heavy atom. The maximum atomic E-state index is 12.9. The molecule has 1 aliphatic rings. The standard InChI is InChI=1S/C23H25NO3/c1-16-15-24(2)13-7-12-19(16)26-20-10-6-11-21-23(20)18(25)14-22(27-21)17-8-4-3-5-9-17/h3-6,8-11,14,16,19H,7,12-13,15H2,1-2H3. The van der Waals surface area contributed by atoms with Crippen LogP contribution in [0.2, 0.25) is 0 Å². The molecular weight excluding hydrogens is 338 g/mol. The Bertz CT molecular complexity index is 980. The van der Waals surface area contributed by atoms with Crippen LogP contribution in [-0.2, 0) is 0 Å². The van der Waals surface area contributed by atoms with Crippen molar-refractivity contribution in [2.75, 3.05) is 20.1 Å². The molecule has 1 aliphatic heterocycles. The van der Waals surface area contributed by atoms with Crippen molar-refractivity contribution in [3.63, 3.8) is 0 Å². The van der Waals surface area contributed by atoms with E-state index in [1.807, 2.05) is 48.5 Å². The van der Waals surface area contributed by atoms with Crippen LogP contribution in [-0.4, -0.2) is 31.1 Å². The minimum atomic E-state index is -0.0657. The maximum Gasteiger partial charge on any atom is 0.197 e. The van der Waals surface area contributed by atoms with Crippen molar-refractivity contribution in [1.82, 2.24) is 4.90 Å². The minimum Gasteiger partial charge on any atom is -0.489 e. The summed E-state index contributed by atoms with van der Waals surface area (Å²) in [5.74, 6) is 1.61. The Morgan fingerprint density at radius 1 is 1.11 bits per heavy atom. The minimum absolute atomic E-state index is 0.0657. The Kier molecular flexibility index (Phi) is 4.99. The zero-order chi connectivity index (χ0) is 18.8. The third-order valence-corrected chi connectivity index (χ3v) is 5.32. The zero-order valence-electron chi connectivity index (χ0n) is 15.9. The van der Waals surface area contributed by atoms with Crippen molar-refractivity contribution in [1.29, 1.82) is 0 Å². The van der Waals surface area contributed by atoms with E-state index in [4.69, 9.17) is 9.15 Å². The highest BCUT2D eigenvalue weighted by molar-refractivity contribution is 5.84. The SMILES string of the molecule is CC1CN(C)CCCC1Oc1cccc2oc(-c3ccccc3)cc(=O)c12. The molecule has 4 heteroatoms. The van der Waals surface area contributed by atoms with Gasteiger partial charge in [0.05, 0.1) is 0 Å². The Balaban J connectivity index is 1.71. The van der Waals surface area contributed by atoms with Gasteiger partial charge in [-0.1, -0.05) is 43.3 Å². The van der Waals surface area contributed by atoms with Gasteiger partial charge in [-0.3, -0.25) is 4.79 Å². The van der Waals surface area contributed by atoms with Crippen LogP contribution in [0.5, 0.6) is 5.75 Å². The normalized spacial score (nSPS) is 21.1. The lowest BCUT2D eigenvalue weighted by atomic mass is 10.0. The molecule has 27 heavy (non-hydrogen) atoms. The molecule has 1 saturated heterocycles. The van der Waals surface area contributed by atoms with Crippen molar-refractivity contribution in [3.8, 4) is 17.1 Å². The third-order valence-electron chi connectivity index (χ3n) is 5.32. The smallest absolute Gasteiger partial charge is 0.197 e. The summed E-state index contributed by atoms with van der Waals surface area (Å²) in [7, 11) is 2.15. The van der Waals surface area contributed by atoms with Crippen LogP contribution in [0.1, 0.15) is 19.8 Å².